The summed E-state index contributed by atoms with van der Waals surface area (Å²) in [5, 5.41) is 6.06. The smallest absolute Gasteiger partial charge is 0.341 e. The molecule has 0 atom stereocenters. The summed E-state index contributed by atoms with van der Waals surface area (Å²) >= 11 is 7.35. The van der Waals surface area contributed by atoms with Gasteiger partial charge in [-0.2, -0.15) is 0 Å². The van der Waals surface area contributed by atoms with Crippen LogP contribution in [0.4, 0.5) is 5.00 Å². The molecule has 3 fully saturated rings. The van der Waals surface area contributed by atoms with Gasteiger partial charge in [-0.1, -0.05) is 23.7 Å². The molecule has 1 aromatic carbocycles. The number of halogens is 1. The fourth-order valence-corrected chi connectivity index (χ4v) is 5.24. The highest BCUT2D eigenvalue weighted by Crippen LogP contribution is 2.36. The number of piperazine rings is 3. The van der Waals surface area contributed by atoms with Gasteiger partial charge in [0.05, 0.1) is 26.2 Å². The van der Waals surface area contributed by atoms with Crippen LogP contribution in [0.3, 0.4) is 0 Å². The molecule has 0 aliphatic carbocycles. The van der Waals surface area contributed by atoms with Crippen LogP contribution in [0, 0.1) is 0 Å². The number of nitrogens with one attached hydrogen (secondary N) is 1. The number of rotatable bonds is 6. The van der Waals surface area contributed by atoms with Crippen molar-refractivity contribution < 1.29 is 18.8 Å². The highest BCUT2D eigenvalue weighted by Gasteiger charge is 2.40. The number of hydrogen-bond acceptors (Lipinski definition) is 5. The van der Waals surface area contributed by atoms with E-state index in [0.717, 1.165) is 54.9 Å². The van der Waals surface area contributed by atoms with Gasteiger partial charge < -0.3 is 14.5 Å². The number of carbonyl (C=O) groups excluding carboxylic acids is 2. The number of fused-ring (bicyclic) bond motifs is 3. The summed E-state index contributed by atoms with van der Waals surface area (Å²) in [7, 11) is 0. The van der Waals surface area contributed by atoms with Gasteiger partial charge in [0.25, 0.3) is 5.91 Å². The molecular weight excluding hydrogens is 410 g/mol. The Kier molecular flexibility index (Phi) is 5.92. The van der Waals surface area contributed by atoms with Crippen LogP contribution in [0.15, 0.2) is 29.6 Å². The van der Waals surface area contributed by atoms with Crippen LogP contribution < -0.4 is 5.32 Å². The zero-order valence-corrected chi connectivity index (χ0v) is 18.0. The first-order valence-corrected chi connectivity index (χ1v) is 11.2. The van der Waals surface area contributed by atoms with E-state index in [-0.39, 0.29) is 12.5 Å². The molecule has 3 aliphatic rings. The molecule has 1 aromatic heterocycles. The summed E-state index contributed by atoms with van der Waals surface area (Å²) < 4.78 is 6.11. The van der Waals surface area contributed by atoms with E-state index < -0.39 is 5.97 Å². The molecule has 29 heavy (non-hydrogen) atoms. The Bertz CT molecular complexity index is 891. The molecule has 0 radical (unpaired) electrons. The van der Waals surface area contributed by atoms with Crippen LogP contribution in [-0.4, -0.2) is 73.7 Å². The van der Waals surface area contributed by atoms with Gasteiger partial charge in [-0.3, -0.25) is 9.69 Å². The number of nitrogens with zero attached hydrogens (tertiary/aromatic N) is 2. The average molecular weight is 435 g/mol. The van der Waals surface area contributed by atoms with Crippen molar-refractivity contribution in [3.8, 4) is 11.1 Å². The molecule has 1 N–H and O–H groups in total. The van der Waals surface area contributed by atoms with Crippen molar-refractivity contribution in [3.05, 3.63) is 40.2 Å². The molecule has 3 saturated heterocycles. The van der Waals surface area contributed by atoms with E-state index in [1.807, 2.05) is 17.5 Å². The second-order valence-electron chi connectivity index (χ2n) is 7.64. The Morgan fingerprint density at radius 2 is 1.83 bits per heavy atom. The molecule has 1 amide bonds. The van der Waals surface area contributed by atoms with Crippen molar-refractivity contribution in [3.63, 3.8) is 0 Å². The summed E-state index contributed by atoms with van der Waals surface area (Å²) in [6.45, 7) is 8.71. The van der Waals surface area contributed by atoms with Gasteiger partial charge in [-0.15, -0.1) is 11.3 Å². The number of quaternary nitrogens is 1. The van der Waals surface area contributed by atoms with Crippen molar-refractivity contribution >= 4 is 39.8 Å². The lowest BCUT2D eigenvalue weighted by molar-refractivity contribution is -0.933. The van der Waals surface area contributed by atoms with E-state index in [2.05, 4.69) is 10.2 Å². The third-order valence-corrected chi connectivity index (χ3v) is 6.98. The first-order chi connectivity index (χ1) is 14.0. The van der Waals surface area contributed by atoms with Gasteiger partial charge >= 0.3 is 5.97 Å². The second-order valence-corrected chi connectivity index (χ2v) is 8.96. The van der Waals surface area contributed by atoms with Crippen LogP contribution in [0.25, 0.3) is 11.1 Å². The minimum atomic E-state index is -0.423. The highest BCUT2D eigenvalue weighted by atomic mass is 35.5. The molecule has 0 unspecified atom stereocenters. The van der Waals surface area contributed by atoms with Gasteiger partial charge in [0.2, 0.25) is 0 Å². The number of carbonyl (C=O) groups is 2. The predicted molar refractivity (Wildman–Crippen MR) is 116 cm³/mol. The Balaban J connectivity index is 1.57. The number of benzene rings is 1. The van der Waals surface area contributed by atoms with E-state index in [1.165, 1.54) is 11.3 Å². The molecule has 4 heterocycles. The maximum atomic E-state index is 12.9. The van der Waals surface area contributed by atoms with Gasteiger partial charge in [-0.05, 0) is 24.6 Å². The van der Waals surface area contributed by atoms with Crippen molar-refractivity contribution in [2.45, 2.75) is 6.92 Å². The molecule has 2 bridgehead atoms. The van der Waals surface area contributed by atoms with Crippen molar-refractivity contribution in [1.82, 2.24) is 4.90 Å². The molecule has 0 spiro atoms. The topological polar surface area (TPSA) is 58.6 Å². The molecule has 5 rings (SSSR count). The first kappa shape index (κ1) is 20.3. The number of esters is 1. The van der Waals surface area contributed by atoms with Gasteiger partial charge in [0.1, 0.15) is 10.6 Å². The normalized spacial score (nSPS) is 23.0. The van der Waals surface area contributed by atoms with Crippen LogP contribution in [0.1, 0.15) is 17.3 Å². The Labute approximate surface area is 179 Å². The molecule has 154 valence electrons. The SMILES string of the molecule is CCOC(=O)c1c(-c2ccc(Cl)cc2)csc1NC(=O)C[N+]12CCN(CC1)CC2. The molecule has 0 saturated carbocycles. The standard InChI is InChI=1S/C21H24ClN3O3S/c1-2-28-21(27)19-17(15-3-5-16(22)6-4-15)14-29-20(19)23-18(26)13-25-10-7-24(8-11-25)9-12-25/h3-6,14H,2,7-13H2,1H3/p+1. The van der Waals surface area contributed by atoms with Crippen LogP contribution in [0.5, 0.6) is 0 Å². The lowest BCUT2D eigenvalue weighted by atomic mass is 10.0. The lowest BCUT2D eigenvalue weighted by Gasteiger charge is -2.50. The summed E-state index contributed by atoms with van der Waals surface area (Å²) in [6.07, 6.45) is 0. The third-order valence-electron chi connectivity index (χ3n) is 5.83. The van der Waals surface area contributed by atoms with E-state index >= 15 is 0 Å². The third kappa shape index (κ3) is 4.33. The minimum Gasteiger partial charge on any atom is -0.462 e. The van der Waals surface area contributed by atoms with E-state index in [4.69, 9.17) is 16.3 Å². The zero-order chi connectivity index (χ0) is 20.4. The summed E-state index contributed by atoms with van der Waals surface area (Å²) in [5.74, 6) is -0.469. The van der Waals surface area contributed by atoms with Gasteiger partial charge in [0.15, 0.2) is 6.54 Å². The Hall–Kier alpha value is -1.93. The van der Waals surface area contributed by atoms with Crippen molar-refractivity contribution in [2.75, 3.05) is 57.7 Å². The van der Waals surface area contributed by atoms with Crippen molar-refractivity contribution in [2.24, 2.45) is 0 Å². The number of thiophene rings is 1. The van der Waals surface area contributed by atoms with Gasteiger partial charge in [-0.25, -0.2) is 4.79 Å². The first-order valence-electron chi connectivity index (χ1n) is 9.91. The highest BCUT2D eigenvalue weighted by molar-refractivity contribution is 7.15. The average Bonchev–Trinajstić information content (AvgIpc) is 3.13. The molecule has 8 heteroatoms. The monoisotopic (exact) mass is 434 g/mol. The predicted octanol–water partition coefficient (Wildman–Crippen LogP) is 3.33. The van der Waals surface area contributed by atoms with Crippen LogP contribution in [-0.2, 0) is 9.53 Å². The number of anilines is 1. The minimum absolute atomic E-state index is 0.0459. The van der Waals surface area contributed by atoms with E-state index in [0.29, 0.717) is 22.1 Å². The fourth-order valence-electron chi connectivity index (χ4n) is 4.14. The number of hydrogen-bond donors (Lipinski definition) is 1. The summed E-state index contributed by atoms with van der Waals surface area (Å²) in [5.41, 5.74) is 2.03. The van der Waals surface area contributed by atoms with E-state index in [9.17, 15) is 9.59 Å². The Morgan fingerprint density at radius 3 is 2.45 bits per heavy atom. The summed E-state index contributed by atoms with van der Waals surface area (Å²) in [4.78, 5) is 28.0. The zero-order valence-electron chi connectivity index (χ0n) is 16.4. The van der Waals surface area contributed by atoms with Gasteiger partial charge in [0, 0.05) is 35.6 Å². The number of ether oxygens (including phenoxy) is 1. The fraction of sp³-hybridized carbons (Fsp3) is 0.429. The number of amides is 1. The molecule has 6 nitrogen and oxygen atoms in total. The maximum absolute atomic E-state index is 12.9. The largest absolute Gasteiger partial charge is 0.462 e. The Morgan fingerprint density at radius 1 is 1.17 bits per heavy atom. The molecular formula is C21H25ClN3O3S+. The van der Waals surface area contributed by atoms with E-state index in [1.54, 1.807) is 19.1 Å². The maximum Gasteiger partial charge on any atom is 0.341 e. The summed E-state index contributed by atoms with van der Waals surface area (Å²) in [6, 6.07) is 7.30. The quantitative estimate of drug-likeness (QED) is 0.559. The lowest BCUT2D eigenvalue weighted by Crippen LogP contribution is -2.68. The second kappa shape index (κ2) is 8.44. The molecule has 2 aromatic rings. The molecule has 3 aliphatic heterocycles. The van der Waals surface area contributed by atoms with Crippen LogP contribution >= 0.6 is 22.9 Å². The van der Waals surface area contributed by atoms with Crippen molar-refractivity contribution in [1.29, 1.82) is 0 Å². The van der Waals surface area contributed by atoms with Crippen LogP contribution in [0.2, 0.25) is 5.02 Å².